The first-order valence-corrected chi connectivity index (χ1v) is 11.4. The molecule has 0 bridgehead atoms. The Balaban J connectivity index is 1.47. The highest BCUT2D eigenvalue weighted by Crippen LogP contribution is 2.39. The van der Waals surface area contributed by atoms with Crippen LogP contribution >= 0.6 is 23.1 Å². The van der Waals surface area contributed by atoms with Crippen LogP contribution in [0.15, 0.2) is 29.7 Å². The summed E-state index contributed by atoms with van der Waals surface area (Å²) in [4.78, 5) is 30.1. The van der Waals surface area contributed by atoms with Gasteiger partial charge >= 0.3 is 5.97 Å². The number of aromatic nitrogens is 4. The van der Waals surface area contributed by atoms with Crippen LogP contribution < -0.4 is 5.32 Å². The van der Waals surface area contributed by atoms with E-state index in [0.717, 1.165) is 41.1 Å². The van der Waals surface area contributed by atoms with Gasteiger partial charge in [-0.15, -0.1) is 21.5 Å². The van der Waals surface area contributed by atoms with Crippen molar-refractivity contribution in [3.63, 3.8) is 0 Å². The molecule has 0 aliphatic heterocycles. The molecule has 0 aromatic carbocycles. The first-order valence-electron chi connectivity index (χ1n) is 9.61. The molecule has 0 saturated carbocycles. The number of carbonyl (C=O) groups is 2. The van der Waals surface area contributed by atoms with E-state index >= 15 is 0 Å². The van der Waals surface area contributed by atoms with Crippen molar-refractivity contribution in [2.75, 3.05) is 18.2 Å². The minimum Gasteiger partial charge on any atom is -0.465 e. The van der Waals surface area contributed by atoms with Gasteiger partial charge in [0.05, 0.1) is 18.4 Å². The van der Waals surface area contributed by atoms with Crippen molar-refractivity contribution in [2.24, 2.45) is 0 Å². The zero-order valence-corrected chi connectivity index (χ0v) is 18.3. The summed E-state index contributed by atoms with van der Waals surface area (Å²) in [7, 11) is 1.36. The number of rotatable bonds is 7. The Labute approximate surface area is 182 Å². The van der Waals surface area contributed by atoms with Crippen molar-refractivity contribution in [2.45, 2.75) is 37.9 Å². The smallest absolute Gasteiger partial charge is 0.341 e. The third-order valence-electron chi connectivity index (χ3n) is 4.85. The summed E-state index contributed by atoms with van der Waals surface area (Å²) in [5, 5.41) is 12.6. The van der Waals surface area contributed by atoms with E-state index < -0.39 is 5.97 Å². The topological polar surface area (TPSA) is 99.0 Å². The van der Waals surface area contributed by atoms with Crippen LogP contribution in [0.3, 0.4) is 0 Å². The molecular weight excluding hydrogens is 422 g/mol. The molecule has 156 valence electrons. The fraction of sp³-hybridized carbons (Fsp3) is 0.350. The second-order valence-electron chi connectivity index (χ2n) is 6.68. The van der Waals surface area contributed by atoms with E-state index in [1.165, 1.54) is 30.2 Å². The van der Waals surface area contributed by atoms with Crippen LogP contribution in [-0.2, 0) is 28.9 Å². The van der Waals surface area contributed by atoms with E-state index in [0.29, 0.717) is 22.3 Å². The van der Waals surface area contributed by atoms with Gasteiger partial charge in [0.25, 0.3) is 0 Å². The molecule has 3 aromatic heterocycles. The number of pyridine rings is 1. The van der Waals surface area contributed by atoms with Gasteiger partial charge in [-0.1, -0.05) is 11.8 Å². The summed E-state index contributed by atoms with van der Waals surface area (Å²) in [5.41, 5.74) is 2.39. The number of nitrogens with zero attached hydrogens (tertiary/aromatic N) is 4. The SMILES string of the molecule is CCn1c(SCC(=O)Nc2sc3c(c2C(=O)OC)CCC3)nnc1-c1cccnc1. The van der Waals surface area contributed by atoms with Crippen LogP contribution in [0.4, 0.5) is 5.00 Å². The van der Waals surface area contributed by atoms with Gasteiger partial charge in [0.1, 0.15) is 5.00 Å². The van der Waals surface area contributed by atoms with Crippen molar-refractivity contribution < 1.29 is 14.3 Å². The minimum absolute atomic E-state index is 0.161. The van der Waals surface area contributed by atoms with Crippen LogP contribution in [0, 0.1) is 0 Å². The summed E-state index contributed by atoms with van der Waals surface area (Å²) in [6.45, 7) is 2.68. The van der Waals surface area contributed by atoms with Crippen LogP contribution in [0.1, 0.15) is 34.1 Å². The zero-order chi connectivity index (χ0) is 21.1. The number of amides is 1. The lowest BCUT2D eigenvalue weighted by molar-refractivity contribution is -0.113. The first kappa shape index (κ1) is 20.5. The molecule has 0 unspecified atom stereocenters. The Kier molecular flexibility index (Phi) is 6.14. The fourth-order valence-corrected chi connectivity index (χ4v) is 5.59. The molecule has 0 spiro atoms. The minimum atomic E-state index is -0.399. The van der Waals surface area contributed by atoms with Gasteiger partial charge < -0.3 is 14.6 Å². The molecule has 4 rings (SSSR count). The van der Waals surface area contributed by atoms with Gasteiger partial charge in [-0.3, -0.25) is 9.78 Å². The summed E-state index contributed by atoms with van der Waals surface area (Å²) >= 11 is 2.78. The summed E-state index contributed by atoms with van der Waals surface area (Å²) < 4.78 is 6.88. The predicted octanol–water partition coefficient (Wildman–Crippen LogP) is 3.43. The Morgan fingerprint density at radius 2 is 2.20 bits per heavy atom. The van der Waals surface area contributed by atoms with Crippen molar-refractivity contribution in [3.05, 3.63) is 40.5 Å². The van der Waals surface area contributed by atoms with E-state index in [4.69, 9.17) is 4.74 Å². The maximum Gasteiger partial charge on any atom is 0.341 e. The van der Waals surface area contributed by atoms with Crippen molar-refractivity contribution in [1.29, 1.82) is 0 Å². The number of thiophene rings is 1. The van der Waals surface area contributed by atoms with Gasteiger partial charge in [0.15, 0.2) is 11.0 Å². The lowest BCUT2D eigenvalue weighted by atomic mass is 10.1. The number of thioether (sulfide) groups is 1. The Morgan fingerprint density at radius 3 is 2.93 bits per heavy atom. The van der Waals surface area contributed by atoms with E-state index in [1.807, 2.05) is 23.6 Å². The standard InChI is InChI=1S/C20H21N5O3S2/c1-3-25-17(12-6-5-9-21-10-12)23-24-20(25)29-11-15(26)22-18-16(19(27)28-2)13-7-4-8-14(13)30-18/h5-6,9-10H,3-4,7-8,11H2,1-2H3,(H,22,26). The lowest BCUT2D eigenvalue weighted by Gasteiger charge is -2.08. The number of hydrogen-bond acceptors (Lipinski definition) is 8. The number of carbonyl (C=O) groups excluding carboxylic acids is 2. The van der Waals surface area contributed by atoms with Gasteiger partial charge in [-0.25, -0.2) is 4.79 Å². The average Bonchev–Trinajstić information content (AvgIpc) is 3.46. The second kappa shape index (κ2) is 8.97. The highest BCUT2D eigenvalue weighted by atomic mass is 32.2. The Morgan fingerprint density at radius 1 is 1.33 bits per heavy atom. The molecule has 1 aliphatic carbocycles. The Hall–Kier alpha value is -2.72. The molecular formula is C20H21N5O3S2. The number of aryl methyl sites for hydroxylation is 1. The molecule has 3 aromatic rings. The monoisotopic (exact) mass is 443 g/mol. The van der Waals surface area contributed by atoms with Crippen molar-refractivity contribution in [3.8, 4) is 11.4 Å². The molecule has 1 N–H and O–H groups in total. The molecule has 0 radical (unpaired) electrons. The van der Waals surface area contributed by atoms with Gasteiger partial charge in [0.2, 0.25) is 5.91 Å². The van der Waals surface area contributed by atoms with Crippen molar-refractivity contribution >= 4 is 40.0 Å². The van der Waals surface area contributed by atoms with Crippen LogP contribution in [0.2, 0.25) is 0 Å². The van der Waals surface area contributed by atoms with E-state index in [2.05, 4.69) is 20.5 Å². The van der Waals surface area contributed by atoms with E-state index in [9.17, 15) is 9.59 Å². The number of methoxy groups -OCH3 is 1. The van der Waals surface area contributed by atoms with Gasteiger partial charge in [0, 0.05) is 29.4 Å². The number of esters is 1. The fourth-order valence-electron chi connectivity index (χ4n) is 3.49. The summed E-state index contributed by atoms with van der Waals surface area (Å²) in [6, 6.07) is 3.77. The number of ether oxygens (including phenoxy) is 1. The van der Waals surface area contributed by atoms with Crippen LogP contribution in [-0.4, -0.2) is 44.5 Å². The van der Waals surface area contributed by atoms with Gasteiger partial charge in [-0.05, 0) is 43.9 Å². The quantitative estimate of drug-likeness (QED) is 0.441. The molecule has 10 heteroatoms. The molecule has 1 amide bonds. The molecule has 8 nitrogen and oxygen atoms in total. The lowest BCUT2D eigenvalue weighted by Crippen LogP contribution is -2.16. The Bertz CT molecular complexity index is 1080. The molecule has 1 aliphatic rings. The molecule has 30 heavy (non-hydrogen) atoms. The molecule has 0 saturated heterocycles. The largest absolute Gasteiger partial charge is 0.465 e. The highest BCUT2D eigenvalue weighted by molar-refractivity contribution is 7.99. The third kappa shape index (κ3) is 3.97. The normalized spacial score (nSPS) is 12.6. The number of fused-ring (bicyclic) bond motifs is 1. The zero-order valence-electron chi connectivity index (χ0n) is 16.7. The average molecular weight is 444 g/mol. The highest BCUT2D eigenvalue weighted by Gasteiger charge is 2.28. The first-order chi connectivity index (χ1) is 14.6. The summed E-state index contributed by atoms with van der Waals surface area (Å²) in [5.74, 6) is 0.285. The van der Waals surface area contributed by atoms with Gasteiger partial charge in [-0.2, -0.15) is 0 Å². The number of nitrogens with one attached hydrogen (secondary N) is 1. The second-order valence-corrected chi connectivity index (χ2v) is 8.73. The summed E-state index contributed by atoms with van der Waals surface area (Å²) in [6.07, 6.45) is 6.25. The number of anilines is 1. The van der Waals surface area contributed by atoms with E-state index in [-0.39, 0.29) is 11.7 Å². The number of hydrogen-bond donors (Lipinski definition) is 1. The maximum absolute atomic E-state index is 12.6. The van der Waals surface area contributed by atoms with Crippen LogP contribution in [0.25, 0.3) is 11.4 Å². The maximum atomic E-state index is 12.6. The van der Waals surface area contributed by atoms with Crippen LogP contribution in [0.5, 0.6) is 0 Å². The van der Waals surface area contributed by atoms with E-state index in [1.54, 1.807) is 12.4 Å². The molecule has 0 fully saturated rings. The predicted molar refractivity (Wildman–Crippen MR) is 116 cm³/mol. The third-order valence-corrected chi connectivity index (χ3v) is 7.02. The van der Waals surface area contributed by atoms with Crippen molar-refractivity contribution in [1.82, 2.24) is 19.7 Å². The molecule has 3 heterocycles. The molecule has 0 atom stereocenters.